The number of benzene rings is 2. The van der Waals surface area contributed by atoms with Gasteiger partial charge < -0.3 is 20.1 Å². The Hall–Kier alpha value is -3.11. The normalized spacial score (nSPS) is 19.3. The van der Waals surface area contributed by atoms with Gasteiger partial charge in [-0.15, -0.1) is 0 Å². The van der Waals surface area contributed by atoms with Crippen LogP contribution >= 0.6 is 0 Å². The first kappa shape index (κ1) is 29.9. The van der Waals surface area contributed by atoms with E-state index in [-0.39, 0.29) is 46.7 Å². The molecule has 10 heteroatoms. The number of nitrogens with zero attached hydrogens (tertiary/aromatic N) is 2. The number of likely N-dealkylation sites (tertiary alicyclic amines) is 1. The topological polar surface area (TPSA) is 68.0 Å². The molecular weight excluding hydrogens is 526 g/mol. The average molecular weight is 564 g/mol. The summed E-state index contributed by atoms with van der Waals surface area (Å²) in [4.78, 5) is 17.9. The number of carbonyl (C=O) groups excluding carboxylic acids is 1. The van der Waals surface area contributed by atoms with Crippen molar-refractivity contribution in [2.75, 3.05) is 33.3 Å². The van der Waals surface area contributed by atoms with Gasteiger partial charge >= 0.3 is 6.61 Å². The first-order valence-corrected chi connectivity index (χ1v) is 13.6. The number of carbonyl (C=O) groups is 1. The van der Waals surface area contributed by atoms with E-state index in [1.54, 1.807) is 17.9 Å². The van der Waals surface area contributed by atoms with Crippen molar-refractivity contribution in [1.29, 1.82) is 0 Å². The van der Waals surface area contributed by atoms with E-state index in [4.69, 9.17) is 10.5 Å². The highest BCUT2D eigenvalue weighted by Gasteiger charge is 2.36. The Bertz CT molecular complexity index is 1220. The van der Waals surface area contributed by atoms with Crippen LogP contribution in [0.25, 0.3) is 6.08 Å². The number of hydrogen-bond acceptors (Lipinski definition) is 5. The molecule has 1 aliphatic carbocycles. The zero-order valence-corrected chi connectivity index (χ0v) is 23.0. The van der Waals surface area contributed by atoms with Gasteiger partial charge in [0.15, 0.2) is 11.5 Å². The van der Waals surface area contributed by atoms with Gasteiger partial charge in [-0.1, -0.05) is 24.5 Å². The van der Waals surface area contributed by atoms with E-state index in [9.17, 15) is 22.4 Å². The quantitative estimate of drug-likeness (QED) is 0.347. The maximum Gasteiger partial charge on any atom is 0.387 e. The van der Waals surface area contributed by atoms with Crippen molar-refractivity contribution < 1.29 is 31.8 Å². The van der Waals surface area contributed by atoms with Crippen LogP contribution in [0.1, 0.15) is 61.4 Å². The maximum absolute atomic E-state index is 14.3. The number of methoxy groups -OCH3 is 1. The third-order valence-corrected chi connectivity index (χ3v) is 7.77. The number of amides is 1. The number of hydrogen-bond donors (Lipinski definition) is 1. The summed E-state index contributed by atoms with van der Waals surface area (Å²) in [5, 5.41) is 0. The van der Waals surface area contributed by atoms with Crippen LogP contribution in [0, 0.1) is 11.6 Å². The van der Waals surface area contributed by atoms with Gasteiger partial charge in [0.25, 0.3) is 5.91 Å². The lowest BCUT2D eigenvalue weighted by atomic mass is 9.98. The summed E-state index contributed by atoms with van der Waals surface area (Å²) < 4.78 is 63.1. The maximum atomic E-state index is 14.3. The Morgan fingerprint density at radius 2 is 1.90 bits per heavy atom. The molecule has 1 unspecified atom stereocenters. The fraction of sp³-hybridized carbons (Fsp3) is 0.500. The lowest BCUT2D eigenvalue weighted by molar-refractivity contribution is -0.0512. The number of halogens is 4. The van der Waals surface area contributed by atoms with E-state index in [2.05, 4.69) is 9.64 Å². The molecule has 1 heterocycles. The molecule has 218 valence electrons. The molecule has 1 aliphatic heterocycles. The van der Waals surface area contributed by atoms with E-state index < -0.39 is 18.2 Å². The molecule has 2 aliphatic rings. The molecule has 0 bridgehead atoms. The van der Waals surface area contributed by atoms with Gasteiger partial charge in [-0.3, -0.25) is 9.69 Å². The Morgan fingerprint density at radius 3 is 2.58 bits per heavy atom. The molecule has 1 saturated carbocycles. The summed E-state index contributed by atoms with van der Waals surface area (Å²) in [6.07, 6.45) is 7.70. The standard InChI is InChI=1S/C30H37F4N3O3/c1-20(14-21-7-9-23(31)16-25(21)32)17-37(18-24-6-5-13-36(24)19-30(35)11-3-4-12-30)28(38)22-8-10-26(40-29(33)34)27(15-22)39-2/h7-10,14-16,24,29H,3-6,11-13,17-19,35H2,1-2H3/b20-14+. The van der Waals surface area contributed by atoms with Crippen molar-refractivity contribution >= 4 is 12.0 Å². The number of ether oxygens (including phenoxy) is 2. The lowest BCUT2D eigenvalue weighted by Crippen LogP contribution is -2.52. The van der Waals surface area contributed by atoms with Gasteiger partial charge in [-0.25, -0.2) is 8.78 Å². The number of nitrogens with two attached hydrogens (primary N) is 1. The summed E-state index contributed by atoms with van der Waals surface area (Å²) in [5.41, 5.74) is 7.62. The Balaban J connectivity index is 1.59. The van der Waals surface area contributed by atoms with Crippen LogP contribution in [0.4, 0.5) is 17.6 Å². The van der Waals surface area contributed by atoms with Gasteiger partial charge in [0.1, 0.15) is 11.6 Å². The van der Waals surface area contributed by atoms with Crippen molar-refractivity contribution in [3.8, 4) is 11.5 Å². The molecule has 2 N–H and O–H groups in total. The lowest BCUT2D eigenvalue weighted by Gasteiger charge is -2.36. The second kappa shape index (κ2) is 13.0. The zero-order valence-electron chi connectivity index (χ0n) is 23.0. The summed E-state index contributed by atoms with van der Waals surface area (Å²) in [6, 6.07) is 7.53. The SMILES string of the molecule is COc1cc(C(=O)N(C/C(C)=C/c2ccc(F)cc2F)CC2CCCN2CC2(N)CCCC2)ccc1OC(F)F. The molecule has 4 rings (SSSR count). The molecule has 40 heavy (non-hydrogen) atoms. The minimum Gasteiger partial charge on any atom is -0.493 e. The van der Waals surface area contributed by atoms with Crippen LogP contribution in [-0.2, 0) is 0 Å². The summed E-state index contributed by atoms with van der Waals surface area (Å²) in [7, 11) is 1.31. The van der Waals surface area contributed by atoms with Crippen LogP contribution in [0.5, 0.6) is 11.5 Å². The van der Waals surface area contributed by atoms with Crippen LogP contribution < -0.4 is 15.2 Å². The smallest absolute Gasteiger partial charge is 0.387 e. The van der Waals surface area contributed by atoms with Crippen molar-refractivity contribution in [3.05, 3.63) is 64.7 Å². The molecule has 1 amide bonds. The van der Waals surface area contributed by atoms with Crippen molar-refractivity contribution in [2.45, 2.75) is 63.6 Å². The molecule has 1 atom stereocenters. The third-order valence-electron chi connectivity index (χ3n) is 7.77. The molecule has 1 saturated heterocycles. The molecule has 2 aromatic carbocycles. The summed E-state index contributed by atoms with van der Waals surface area (Å²) in [6.45, 7) is 1.00. The molecule has 0 radical (unpaired) electrons. The van der Waals surface area contributed by atoms with Gasteiger partial charge in [0.05, 0.1) is 7.11 Å². The number of rotatable bonds is 11. The minimum atomic E-state index is -3.04. The summed E-state index contributed by atoms with van der Waals surface area (Å²) in [5.74, 6) is -1.85. The second-order valence-corrected chi connectivity index (χ2v) is 10.9. The van der Waals surface area contributed by atoms with E-state index in [1.807, 2.05) is 0 Å². The van der Waals surface area contributed by atoms with E-state index >= 15 is 0 Å². The van der Waals surface area contributed by atoms with E-state index in [0.29, 0.717) is 12.1 Å². The molecule has 0 spiro atoms. The predicted octanol–water partition coefficient (Wildman–Crippen LogP) is 5.86. The minimum absolute atomic E-state index is 0.0144. The van der Waals surface area contributed by atoms with Gasteiger partial charge in [-0.05, 0) is 69.5 Å². The number of alkyl halides is 2. The van der Waals surface area contributed by atoms with Crippen LogP contribution in [0.3, 0.4) is 0 Å². The molecule has 2 aromatic rings. The van der Waals surface area contributed by atoms with E-state index in [1.165, 1.54) is 37.4 Å². The fourth-order valence-corrected chi connectivity index (χ4v) is 5.83. The van der Waals surface area contributed by atoms with Crippen molar-refractivity contribution in [3.63, 3.8) is 0 Å². The highest BCUT2D eigenvalue weighted by molar-refractivity contribution is 5.95. The Kier molecular flexibility index (Phi) is 9.73. The van der Waals surface area contributed by atoms with Crippen LogP contribution in [0.15, 0.2) is 42.0 Å². The third kappa shape index (κ3) is 7.54. The first-order valence-electron chi connectivity index (χ1n) is 13.6. The highest BCUT2D eigenvalue weighted by atomic mass is 19.3. The Labute approximate surface area is 232 Å². The monoisotopic (exact) mass is 563 g/mol. The molecular formula is C30H37F4N3O3. The van der Waals surface area contributed by atoms with Crippen LogP contribution in [0.2, 0.25) is 0 Å². The highest BCUT2D eigenvalue weighted by Crippen LogP contribution is 2.32. The van der Waals surface area contributed by atoms with Crippen molar-refractivity contribution in [2.24, 2.45) is 5.73 Å². The van der Waals surface area contributed by atoms with E-state index in [0.717, 1.165) is 57.7 Å². The molecule has 0 aromatic heterocycles. The summed E-state index contributed by atoms with van der Waals surface area (Å²) >= 11 is 0. The van der Waals surface area contributed by atoms with Crippen LogP contribution in [-0.4, -0.2) is 67.2 Å². The van der Waals surface area contributed by atoms with Gasteiger partial charge in [-0.2, -0.15) is 8.78 Å². The second-order valence-electron chi connectivity index (χ2n) is 10.9. The molecule has 2 fully saturated rings. The van der Waals surface area contributed by atoms with Gasteiger partial charge in [0, 0.05) is 48.4 Å². The predicted molar refractivity (Wildman–Crippen MR) is 146 cm³/mol. The zero-order chi connectivity index (χ0) is 28.9. The average Bonchev–Trinajstić information content (AvgIpc) is 3.53. The fourth-order valence-electron chi connectivity index (χ4n) is 5.83. The van der Waals surface area contributed by atoms with Gasteiger partial charge in [0.2, 0.25) is 0 Å². The molecule has 6 nitrogen and oxygen atoms in total. The Morgan fingerprint density at radius 1 is 1.15 bits per heavy atom. The van der Waals surface area contributed by atoms with Crippen molar-refractivity contribution in [1.82, 2.24) is 9.80 Å². The largest absolute Gasteiger partial charge is 0.493 e. The first-order chi connectivity index (χ1) is 19.1.